The van der Waals surface area contributed by atoms with E-state index in [4.69, 9.17) is 9.52 Å². The lowest BCUT2D eigenvalue weighted by Crippen LogP contribution is -1.91. The van der Waals surface area contributed by atoms with E-state index in [1.807, 2.05) is 24.3 Å². The van der Waals surface area contributed by atoms with Gasteiger partial charge in [-0.05, 0) is 24.3 Å². The number of fused-ring (bicyclic) bond motifs is 1. The van der Waals surface area contributed by atoms with Gasteiger partial charge in [0.1, 0.15) is 5.69 Å². The average Bonchev–Trinajstić information content (AvgIpc) is 2.96. The number of imidazole rings is 1. The Bertz CT molecular complexity index is 613. The van der Waals surface area contributed by atoms with Gasteiger partial charge in [-0.2, -0.15) is 5.10 Å². The highest BCUT2D eigenvalue weighted by Crippen LogP contribution is 2.17. The van der Waals surface area contributed by atoms with E-state index in [0.717, 1.165) is 5.69 Å². The molecule has 0 atom stereocenters. The molecule has 3 rings (SSSR count). The molecule has 16 heavy (non-hydrogen) atoms. The van der Waals surface area contributed by atoms with Gasteiger partial charge in [0, 0.05) is 0 Å². The Labute approximate surface area is 91.0 Å². The Morgan fingerprint density at radius 2 is 2.25 bits per heavy atom. The predicted octanol–water partition coefficient (Wildman–Crippen LogP) is 1.48. The molecule has 0 unspecified atom stereocenters. The quantitative estimate of drug-likeness (QED) is 0.703. The Kier molecular flexibility index (Phi) is 1.97. The second-order valence-corrected chi connectivity index (χ2v) is 3.39. The van der Waals surface area contributed by atoms with Gasteiger partial charge in [-0.3, -0.25) is 0 Å². The Balaban J connectivity index is 2.15. The lowest BCUT2D eigenvalue weighted by atomic mass is 10.3. The van der Waals surface area contributed by atoms with Crippen LogP contribution in [0.4, 0.5) is 0 Å². The molecule has 3 heterocycles. The van der Waals surface area contributed by atoms with Crippen molar-refractivity contribution in [1.82, 2.24) is 14.6 Å². The lowest BCUT2D eigenvalue weighted by molar-refractivity contribution is 0.277. The van der Waals surface area contributed by atoms with Crippen LogP contribution in [0.2, 0.25) is 0 Å². The van der Waals surface area contributed by atoms with Crippen LogP contribution in [0.5, 0.6) is 0 Å². The van der Waals surface area contributed by atoms with Crippen molar-refractivity contribution in [2.24, 2.45) is 0 Å². The van der Waals surface area contributed by atoms with E-state index in [0.29, 0.717) is 17.1 Å². The Hall–Kier alpha value is -2.14. The minimum atomic E-state index is -0.0839. The zero-order chi connectivity index (χ0) is 11.0. The van der Waals surface area contributed by atoms with Crippen molar-refractivity contribution >= 4 is 5.65 Å². The second-order valence-electron chi connectivity index (χ2n) is 3.39. The highest BCUT2D eigenvalue weighted by atomic mass is 16.3. The molecule has 0 spiro atoms. The van der Waals surface area contributed by atoms with E-state index in [1.165, 1.54) is 0 Å². The molecule has 0 saturated heterocycles. The van der Waals surface area contributed by atoms with Gasteiger partial charge < -0.3 is 9.52 Å². The van der Waals surface area contributed by atoms with E-state index in [9.17, 15) is 0 Å². The van der Waals surface area contributed by atoms with E-state index in [1.54, 1.807) is 17.0 Å². The number of hydrogen-bond donors (Lipinski definition) is 1. The molecular formula is C11H9N3O2. The average molecular weight is 215 g/mol. The number of rotatable bonds is 2. The fourth-order valence-electron chi connectivity index (χ4n) is 1.56. The summed E-state index contributed by atoms with van der Waals surface area (Å²) in [5.74, 6) is 0.709. The molecule has 1 N–H and O–H groups in total. The zero-order valence-corrected chi connectivity index (χ0v) is 8.37. The molecule has 3 aromatic heterocycles. The Morgan fingerprint density at radius 1 is 1.31 bits per heavy atom. The summed E-state index contributed by atoms with van der Waals surface area (Å²) in [5.41, 5.74) is 2.04. The summed E-state index contributed by atoms with van der Waals surface area (Å²) in [4.78, 5) is 4.17. The van der Waals surface area contributed by atoms with Gasteiger partial charge >= 0.3 is 0 Å². The molecule has 0 amide bonds. The third kappa shape index (κ3) is 1.38. The zero-order valence-electron chi connectivity index (χ0n) is 8.37. The number of aliphatic hydroxyl groups is 1. The topological polar surface area (TPSA) is 63.6 Å². The van der Waals surface area contributed by atoms with Gasteiger partial charge in [0.15, 0.2) is 11.4 Å². The third-order valence-electron chi connectivity index (χ3n) is 2.31. The molecule has 5 heteroatoms. The van der Waals surface area contributed by atoms with Crippen LogP contribution in [-0.4, -0.2) is 19.7 Å². The van der Waals surface area contributed by atoms with Gasteiger partial charge in [0.2, 0.25) is 0 Å². The van der Waals surface area contributed by atoms with Crippen LogP contribution in [0.3, 0.4) is 0 Å². The maximum atomic E-state index is 8.97. The first-order valence-corrected chi connectivity index (χ1v) is 4.87. The van der Waals surface area contributed by atoms with Crippen LogP contribution in [0.25, 0.3) is 17.1 Å². The van der Waals surface area contributed by atoms with Crippen molar-refractivity contribution in [1.29, 1.82) is 0 Å². The van der Waals surface area contributed by atoms with Crippen molar-refractivity contribution in [2.45, 2.75) is 6.61 Å². The molecule has 0 aromatic carbocycles. The minimum absolute atomic E-state index is 0.0839. The first kappa shape index (κ1) is 9.11. The molecule has 0 fully saturated rings. The van der Waals surface area contributed by atoms with Gasteiger partial charge in [0.25, 0.3) is 0 Å². The smallest absolute Gasteiger partial charge is 0.154 e. The molecule has 0 radical (unpaired) electrons. The Morgan fingerprint density at radius 3 is 3.00 bits per heavy atom. The number of aliphatic hydroxyl groups excluding tert-OH is 1. The SMILES string of the molecule is OCc1cn2nc(-c3ccco3)ccc2n1. The molecule has 0 saturated carbocycles. The largest absolute Gasteiger partial charge is 0.463 e. The van der Waals surface area contributed by atoms with Crippen LogP contribution in [0.15, 0.2) is 41.1 Å². The maximum Gasteiger partial charge on any atom is 0.154 e. The second kappa shape index (κ2) is 3.46. The first-order chi connectivity index (χ1) is 7.86. The summed E-state index contributed by atoms with van der Waals surface area (Å²) in [6.45, 7) is -0.0839. The van der Waals surface area contributed by atoms with Crippen LogP contribution in [0.1, 0.15) is 5.69 Å². The number of aromatic nitrogens is 3. The van der Waals surface area contributed by atoms with Crippen LogP contribution in [-0.2, 0) is 6.61 Å². The summed E-state index contributed by atoms with van der Waals surface area (Å²) >= 11 is 0. The summed E-state index contributed by atoms with van der Waals surface area (Å²) in [5, 5.41) is 13.3. The summed E-state index contributed by atoms with van der Waals surface area (Å²) in [6.07, 6.45) is 3.30. The fraction of sp³-hybridized carbons (Fsp3) is 0.0909. The number of furan rings is 1. The van der Waals surface area contributed by atoms with E-state index in [-0.39, 0.29) is 6.61 Å². The maximum absolute atomic E-state index is 8.97. The molecule has 3 aromatic rings. The van der Waals surface area contributed by atoms with Crippen LogP contribution >= 0.6 is 0 Å². The van der Waals surface area contributed by atoms with Crippen molar-refractivity contribution < 1.29 is 9.52 Å². The summed E-state index contributed by atoms with van der Waals surface area (Å²) in [7, 11) is 0. The molecule has 0 bridgehead atoms. The highest BCUT2D eigenvalue weighted by molar-refractivity contribution is 5.54. The fourth-order valence-corrected chi connectivity index (χ4v) is 1.56. The molecule has 0 aliphatic heterocycles. The minimum Gasteiger partial charge on any atom is -0.463 e. The molecule has 0 aliphatic rings. The molecule has 0 aliphatic carbocycles. The van der Waals surface area contributed by atoms with E-state index in [2.05, 4.69) is 10.1 Å². The van der Waals surface area contributed by atoms with Crippen molar-refractivity contribution in [3.8, 4) is 11.5 Å². The number of nitrogens with zero attached hydrogens (tertiary/aromatic N) is 3. The van der Waals surface area contributed by atoms with Gasteiger partial charge in [-0.1, -0.05) is 0 Å². The molecular weight excluding hydrogens is 206 g/mol. The first-order valence-electron chi connectivity index (χ1n) is 4.87. The molecule has 5 nitrogen and oxygen atoms in total. The molecule has 80 valence electrons. The van der Waals surface area contributed by atoms with E-state index < -0.39 is 0 Å². The highest BCUT2D eigenvalue weighted by Gasteiger charge is 2.05. The lowest BCUT2D eigenvalue weighted by Gasteiger charge is -1.96. The third-order valence-corrected chi connectivity index (χ3v) is 2.31. The van der Waals surface area contributed by atoms with Gasteiger partial charge in [0.05, 0.1) is 24.8 Å². The van der Waals surface area contributed by atoms with Crippen molar-refractivity contribution in [3.05, 3.63) is 42.4 Å². The monoisotopic (exact) mass is 215 g/mol. The van der Waals surface area contributed by atoms with Gasteiger partial charge in [-0.25, -0.2) is 9.50 Å². The van der Waals surface area contributed by atoms with Crippen LogP contribution in [0, 0.1) is 0 Å². The summed E-state index contributed by atoms with van der Waals surface area (Å²) in [6, 6.07) is 7.33. The normalized spacial score (nSPS) is 11.1. The van der Waals surface area contributed by atoms with Crippen molar-refractivity contribution in [3.63, 3.8) is 0 Å². The number of hydrogen-bond acceptors (Lipinski definition) is 4. The predicted molar refractivity (Wildman–Crippen MR) is 56.6 cm³/mol. The summed E-state index contributed by atoms with van der Waals surface area (Å²) < 4.78 is 6.88. The standard InChI is InChI=1S/C11H9N3O2/c15-7-8-6-14-11(12-8)4-3-9(13-14)10-2-1-5-16-10/h1-6,15H,7H2. The van der Waals surface area contributed by atoms with E-state index >= 15 is 0 Å². The van der Waals surface area contributed by atoms with Gasteiger partial charge in [-0.15, -0.1) is 0 Å². The van der Waals surface area contributed by atoms with Crippen molar-refractivity contribution in [2.75, 3.05) is 0 Å². The van der Waals surface area contributed by atoms with Crippen LogP contribution < -0.4 is 0 Å².